The number of nitrogens with one attached hydrogen (secondary N) is 1. The van der Waals surface area contributed by atoms with E-state index in [1.165, 1.54) is 18.2 Å². The lowest BCUT2D eigenvalue weighted by molar-refractivity contribution is -0.136. The molecule has 9 nitrogen and oxygen atoms in total. The van der Waals surface area contributed by atoms with Crippen LogP contribution in [0.3, 0.4) is 0 Å². The summed E-state index contributed by atoms with van der Waals surface area (Å²) in [6.45, 7) is 3.97. The molecule has 35 heavy (non-hydrogen) atoms. The Morgan fingerprint density at radius 1 is 1.06 bits per heavy atom. The molecule has 2 aliphatic rings. The summed E-state index contributed by atoms with van der Waals surface area (Å²) in [6.07, 6.45) is 2.56. The number of piperidine rings is 1. The Hall–Kier alpha value is -4.21. The summed E-state index contributed by atoms with van der Waals surface area (Å²) in [5.41, 5.74) is 1.73. The van der Waals surface area contributed by atoms with Gasteiger partial charge in [-0.2, -0.15) is 0 Å². The van der Waals surface area contributed by atoms with Gasteiger partial charge < -0.3 is 0 Å². The number of aromatic nitrogens is 3. The fraction of sp³-hybridized carbons (Fsp3) is 0.280. The van der Waals surface area contributed by atoms with Gasteiger partial charge >= 0.3 is 0 Å². The molecule has 178 valence electrons. The predicted molar refractivity (Wildman–Crippen MR) is 122 cm³/mol. The molecule has 0 aliphatic carbocycles. The highest BCUT2D eigenvalue weighted by atomic mass is 19.1. The van der Waals surface area contributed by atoms with Gasteiger partial charge in [-0.3, -0.25) is 29.4 Å². The standard InChI is InChI=1S/C25H22FN5O4/c1-3-25(2,15-5-7-16(26)8-6-15)30-13-19(28-29-30)14-4-9-17-18(12-14)24(35)31(23(17)34)20-10-11-21(32)27-22(20)33/h4-9,12-13,20H,3,10-11H2,1-2H3,(H,27,32,33). The Labute approximate surface area is 199 Å². The summed E-state index contributed by atoms with van der Waals surface area (Å²) in [7, 11) is 0. The first kappa shape index (κ1) is 22.6. The summed E-state index contributed by atoms with van der Waals surface area (Å²) in [6, 6.07) is 9.98. The zero-order valence-corrected chi connectivity index (χ0v) is 19.1. The molecular formula is C25H22FN5O4. The van der Waals surface area contributed by atoms with Gasteiger partial charge in [-0.15, -0.1) is 5.10 Å². The van der Waals surface area contributed by atoms with E-state index < -0.39 is 35.2 Å². The van der Waals surface area contributed by atoms with Gasteiger partial charge in [0.15, 0.2) is 0 Å². The number of carbonyl (C=O) groups is 4. The molecule has 5 rings (SSSR count). The fourth-order valence-corrected chi connectivity index (χ4v) is 4.57. The number of benzene rings is 2. The maximum absolute atomic E-state index is 13.4. The molecule has 1 fully saturated rings. The summed E-state index contributed by atoms with van der Waals surface area (Å²) in [4.78, 5) is 50.7. The predicted octanol–water partition coefficient (Wildman–Crippen LogP) is 2.66. The average Bonchev–Trinajstić information content (AvgIpc) is 3.44. The van der Waals surface area contributed by atoms with Crippen LogP contribution in [-0.2, 0) is 15.1 Å². The fourth-order valence-electron chi connectivity index (χ4n) is 4.57. The van der Waals surface area contributed by atoms with Crippen LogP contribution in [0.2, 0.25) is 0 Å². The summed E-state index contributed by atoms with van der Waals surface area (Å²) < 4.78 is 15.1. The number of rotatable bonds is 5. The highest BCUT2D eigenvalue weighted by Gasteiger charge is 2.44. The molecule has 3 aromatic rings. The minimum absolute atomic E-state index is 0.0580. The van der Waals surface area contributed by atoms with Gasteiger partial charge in [0.25, 0.3) is 11.8 Å². The van der Waals surface area contributed by atoms with E-state index in [0.29, 0.717) is 17.7 Å². The summed E-state index contributed by atoms with van der Waals surface area (Å²) in [5, 5.41) is 10.7. The maximum atomic E-state index is 13.4. The van der Waals surface area contributed by atoms with Gasteiger partial charge in [-0.1, -0.05) is 30.3 Å². The topological polar surface area (TPSA) is 114 Å². The lowest BCUT2D eigenvalue weighted by Crippen LogP contribution is -2.54. The highest BCUT2D eigenvalue weighted by Crippen LogP contribution is 2.33. The van der Waals surface area contributed by atoms with Crippen LogP contribution < -0.4 is 5.32 Å². The molecule has 1 saturated heterocycles. The molecule has 0 bridgehead atoms. The van der Waals surface area contributed by atoms with Crippen LogP contribution in [-0.4, -0.2) is 49.6 Å². The minimum atomic E-state index is -1.02. The SMILES string of the molecule is CCC(C)(c1ccc(F)cc1)n1cc(-c2ccc3c(c2)C(=O)N(C2CCC(=O)NC2=O)C3=O)nn1. The molecule has 1 N–H and O–H groups in total. The van der Waals surface area contributed by atoms with E-state index in [-0.39, 0.29) is 29.8 Å². The number of halogens is 1. The molecule has 0 spiro atoms. The largest absolute Gasteiger partial charge is 0.295 e. The van der Waals surface area contributed by atoms with Crippen molar-refractivity contribution < 1.29 is 23.6 Å². The van der Waals surface area contributed by atoms with Gasteiger partial charge in [0.05, 0.1) is 22.9 Å². The molecule has 2 unspecified atom stereocenters. The van der Waals surface area contributed by atoms with Gasteiger partial charge in [0.1, 0.15) is 17.6 Å². The van der Waals surface area contributed by atoms with E-state index in [4.69, 9.17) is 0 Å². The Kier molecular flexibility index (Phi) is 5.31. The van der Waals surface area contributed by atoms with Crippen molar-refractivity contribution >= 4 is 23.6 Å². The molecule has 10 heteroatoms. The smallest absolute Gasteiger partial charge is 0.262 e. The molecular weight excluding hydrogens is 453 g/mol. The molecule has 1 aromatic heterocycles. The van der Waals surface area contributed by atoms with Gasteiger partial charge in [-0.25, -0.2) is 9.07 Å². The van der Waals surface area contributed by atoms with Crippen LogP contribution in [0, 0.1) is 5.82 Å². The van der Waals surface area contributed by atoms with Crippen LogP contribution in [0.4, 0.5) is 4.39 Å². The Morgan fingerprint density at radius 3 is 2.46 bits per heavy atom. The second-order valence-electron chi connectivity index (χ2n) is 8.89. The average molecular weight is 475 g/mol. The minimum Gasteiger partial charge on any atom is -0.295 e. The van der Waals surface area contributed by atoms with Crippen molar-refractivity contribution in [3.05, 3.63) is 71.2 Å². The first-order chi connectivity index (χ1) is 16.7. The normalized spacial score (nSPS) is 19.5. The zero-order chi connectivity index (χ0) is 24.9. The molecule has 0 saturated carbocycles. The van der Waals surface area contributed by atoms with Crippen LogP contribution in [0.25, 0.3) is 11.3 Å². The molecule has 0 radical (unpaired) electrons. The third-order valence-electron chi connectivity index (χ3n) is 6.89. The Morgan fingerprint density at radius 2 is 1.77 bits per heavy atom. The number of imide groups is 2. The Bertz CT molecular complexity index is 1380. The number of hydrogen-bond acceptors (Lipinski definition) is 6. The van der Waals surface area contributed by atoms with E-state index >= 15 is 0 Å². The van der Waals surface area contributed by atoms with Crippen molar-refractivity contribution in [3.63, 3.8) is 0 Å². The highest BCUT2D eigenvalue weighted by molar-refractivity contribution is 6.23. The van der Waals surface area contributed by atoms with E-state index in [0.717, 1.165) is 10.5 Å². The van der Waals surface area contributed by atoms with Crippen molar-refractivity contribution in [2.45, 2.75) is 44.7 Å². The van der Waals surface area contributed by atoms with Crippen molar-refractivity contribution in [2.75, 3.05) is 0 Å². The van der Waals surface area contributed by atoms with Crippen LogP contribution >= 0.6 is 0 Å². The van der Waals surface area contributed by atoms with Crippen molar-refractivity contribution in [1.29, 1.82) is 0 Å². The van der Waals surface area contributed by atoms with E-state index in [9.17, 15) is 23.6 Å². The van der Waals surface area contributed by atoms with Gasteiger partial charge in [0.2, 0.25) is 11.8 Å². The van der Waals surface area contributed by atoms with E-state index in [2.05, 4.69) is 15.6 Å². The Balaban J connectivity index is 1.46. The quantitative estimate of drug-likeness (QED) is 0.568. The van der Waals surface area contributed by atoms with Crippen LogP contribution in [0.5, 0.6) is 0 Å². The number of nitrogens with zero attached hydrogens (tertiary/aromatic N) is 4. The zero-order valence-electron chi connectivity index (χ0n) is 19.1. The first-order valence-electron chi connectivity index (χ1n) is 11.3. The number of hydrogen-bond donors (Lipinski definition) is 1. The monoisotopic (exact) mass is 475 g/mol. The van der Waals surface area contributed by atoms with E-state index in [1.807, 2.05) is 13.8 Å². The first-order valence-corrected chi connectivity index (χ1v) is 11.3. The lowest BCUT2D eigenvalue weighted by atomic mass is 9.89. The molecule has 2 aliphatic heterocycles. The van der Waals surface area contributed by atoms with Crippen molar-refractivity contribution in [3.8, 4) is 11.3 Å². The second kappa shape index (κ2) is 8.23. The number of carbonyl (C=O) groups excluding carboxylic acids is 4. The van der Waals surface area contributed by atoms with Crippen molar-refractivity contribution in [1.82, 2.24) is 25.2 Å². The van der Waals surface area contributed by atoms with Crippen LogP contribution in [0.15, 0.2) is 48.7 Å². The molecule has 2 aromatic carbocycles. The van der Waals surface area contributed by atoms with Crippen molar-refractivity contribution in [2.24, 2.45) is 0 Å². The lowest BCUT2D eigenvalue weighted by Gasteiger charge is -2.28. The molecule has 4 amide bonds. The summed E-state index contributed by atoms with van der Waals surface area (Å²) in [5.74, 6) is -2.55. The van der Waals surface area contributed by atoms with Crippen LogP contribution in [0.1, 0.15) is 59.4 Å². The van der Waals surface area contributed by atoms with Gasteiger partial charge in [-0.05, 0) is 49.6 Å². The molecule has 2 atom stereocenters. The number of amides is 4. The third kappa shape index (κ3) is 3.61. The maximum Gasteiger partial charge on any atom is 0.262 e. The second-order valence-corrected chi connectivity index (χ2v) is 8.89. The van der Waals surface area contributed by atoms with Gasteiger partial charge in [0, 0.05) is 12.0 Å². The molecule has 3 heterocycles. The van der Waals surface area contributed by atoms with E-state index in [1.54, 1.807) is 35.1 Å². The number of fused-ring (bicyclic) bond motifs is 1. The third-order valence-corrected chi connectivity index (χ3v) is 6.89. The summed E-state index contributed by atoms with van der Waals surface area (Å²) >= 11 is 0.